The predicted molar refractivity (Wildman–Crippen MR) is 114 cm³/mol. The number of hydrogen-bond acceptors (Lipinski definition) is 7. The molecule has 29 heavy (non-hydrogen) atoms. The molecule has 0 saturated carbocycles. The van der Waals surface area contributed by atoms with Crippen molar-refractivity contribution in [2.24, 2.45) is 5.10 Å². The third-order valence-corrected chi connectivity index (χ3v) is 4.75. The van der Waals surface area contributed by atoms with E-state index in [9.17, 15) is 10.1 Å². The third-order valence-electron chi connectivity index (χ3n) is 3.58. The van der Waals surface area contributed by atoms with Gasteiger partial charge in [0.05, 0.1) is 28.9 Å². The summed E-state index contributed by atoms with van der Waals surface area (Å²) in [5.74, 6) is 0.251. The third kappa shape index (κ3) is 6.25. The maximum absolute atomic E-state index is 12.0. The molecule has 0 spiro atoms. The second-order valence-corrected chi connectivity index (χ2v) is 7.46. The summed E-state index contributed by atoms with van der Waals surface area (Å²) < 4.78 is 17.2. The number of aromatic nitrogens is 1. The molecule has 8 nitrogen and oxygen atoms in total. The number of nitrogens with zero attached hydrogens (tertiary/aromatic N) is 3. The number of halogens is 2. The average molecular weight is 526 g/mol. The minimum Gasteiger partial charge on any atom is -0.494 e. The van der Waals surface area contributed by atoms with Crippen molar-refractivity contribution in [3.63, 3.8) is 0 Å². The van der Waals surface area contributed by atoms with Crippen molar-refractivity contribution < 1.29 is 19.0 Å². The fraction of sp³-hybridized carbons (Fsp3) is 0.263. The number of benzene rings is 1. The number of aryl methyl sites for hydroxylation is 1. The van der Waals surface area contributed by atoms with Crippen LogP contribution in [0.5, 0.6) is 11.6 Å². The number of nitriles is 1. The lowest BCUT2D eigenvalue weighted by atomic mass is 10.1. The summed E-state index contributed by atoms with van der Waals surface area (Å²) in [5, 5.41) is 13.3. The molecular weight excluding hydrogens is 508 g/mol. The average Bonchev–Trinajstić information content (AvgIpc) is 2.66. The molecule has 0 aliphatic rings. The zero-order valence-electron chi connectivity index (χ0n) is 16.0. The van der Waals surface area contributed by atoms with Crippen LogP contribution >= 0.6 is 31.9 Å². The molecule has 2 rings (SSSR count). The summed E-state index contributed by atoms with van der Waals surface area (Å²) >= 11 is 6.80. The molecule has 1 N–H and O–H groups in total. The zero-order valence-corrected chi connectivity index (χ0v) is 19.1. The number of carbonyl (C=O) groups excluding carboxylic acids is 1. The van der Waals surface area contributed by atoms with Gasteiger partial charge in [-0.05, 0) is 62.5 Å². The van der Waals surface area contributed by atoms with Crippen LogP contribution in [0.3, 0.4) is 0 Å². The molecule has 152 valence electrons. The first-order valence-corrected chi connectivity index (χ1v) is 9.85. The Kier molecular flexibility index (Phi) is 8.57. The first kappa shape index (κ1) is 22.8. The van der Waals surface area contributed by atoms with Gasteiger partial charge in [-0.15, -0.1) is 0 Å². The van der Waals surface area contributed by atoms with E-state index in [1.807, 2.05) is 6.07 Å². The monoisotopic (exact) mass is 524 g/mol. The van der Waals surface area contributed by atoms with Crippen molar-refractivity contribution in [3.05, 3.63) is 49.5 Å². The summed E-state index contributed by atoms with van der Waals surface area (Å²) in [7, 11) is 3.10. The Bertz CT molecular complexity index is 950. The van der Waals surface area contributed by atoms with Gasteiger partial charge >= 0.3 is 0 Å². The summed E-state index contributed by atoms with van der Waals surface area (Å²) in [6.07, 6.45) is 1.48. The number of nitrogens with one attached hydrogen (secondary N) is 1. The number of hydrogen-bond donors (Lipinski definition) is 1. The number of pyridine rings is 1. The van der Waals surface area contributed by atoms with E-state index in [-0.39, 0.29) is 24.7 Å². The van der Waals surface area contributed by atoms with Crippen molar-refractivity contribution in [3.8, 4) is 17.7 Å². The lowest BCUT2D eigenvalue weighted by Gasteiger charge is -2.10. The van der Waals surface area contributed by atoms with Gasteiger partial charge < -0.3 is 14.2 Å². The molecule has 10 heteroatoms. The van der Waals surface area contributed by atoms with Crippen LogP contribution in [-0.4, -0.2) is 37.9 Å². The summed E-state index contributed by atoms with van der Waals surface area (Å²) in [4.78, 5) is 16.2. The molecule has 0 bridgehead atoms. The Morgan fingerprint density at radius 2 is 2.00 bits per heavy atom. The van der Waals surface area contributed by atoms with E-state index in [2.05, 4.69) is 47.4 Å². The fourth-order valence-electron chi connectivity index (χ4n) is 2.40. The van der Waals surface area contributed by atoms with E-state index in [0.29, 0.717) is 17.0 Å². The van der Waals surface area contributed by atoms with E-state index in [1.54, 1.807) is 32.2 Å². The Morgan fingerprint density at radius 1 is 1.31 bits per heavy atom. The van der Waals surface area contributed by atoms with E-state index in [4.69, 9.17) is 14.2 Å². The molecule has 1 amide bonds. The smallest absolute Gasteiger partial charge is 0.278 e. The van der Waals surface area contributed by atoms with Gasteiger partial charge in [-0.2, -0.15) is 10.4 Å². The highest BCUT2D eigenvalue weighted by Crippen LogP contribution is 2.33. The predicted octanol–water partition coefficient (Wildman–Crippen LogP) is 3.47. The molecule has 0 aliphatic carbocycles. The van der Waals surface area contributed by atoms with Gasteiger partial charge in [0.15, 0.2) is 6.61 Å². The molecule has 0 saturated heterocycles. The van der Waals surface area contributed by atoms with Gasteiger partial charge in [-0.25, -0.2) is 10.4 Å². The van der Waals surface area contributed by atoms with Gasteiger partial charge in [0.25, 0.3) is 5.91 Å². The summed E-state index contributed by atoms with van der Waals surface area (Å²) in [6.45, 7) is 1.67. The number of rotatable bonds is 8. The maximum atomic E-state index is 12.0. The van der Waals surface area contributed by atoms with E-state index >= 15 is 0 Å². The van der Waals surface area contributed by atoms with Crippen molar-refractivity contribution >= 4 is 44.0 Å². The Balaban J connectivity index is 2.01. The molecule has 1 aromatic carbocycles. The number of ether oxygens (including phenoxy) is 3. The van der Waals surface area contributed by atoms with Gasteiger partial charge in [0.1, 0.15) is 17.4 Å². The Hall–Kier alpha value is -2.48. The highest BCUT2D eigenvalue weighted by molar-refractivity contribution is 9.11. The molecule has 0 aliphatic heterocycles. The van der Waals surface area contributed by atoms with Gasteiger partial charge in [-0.1, -0.05) is 0 Å². The summed E-state index contributed by atoms with van der Waals surface area (Å²) in [5.41, 5.74) is 4.64. The second kappa shape index (κ2) is 10.9. The molecule has 1 aromatic heterocycles. The topological polar surface area (TPSA) is 106 Å². The van der Waals surface area contributed by atoms with Gasteiger partial charge in [0.2, 0.25) is 5.88 Å². The SMILES string of the molecule is COCc1cc(C)nc(OCC(=O)NN=Cc2cc(Br)c(OC)c(Br)c2)c1C#N. The largest absolute Gasteiger partial charge is 0.494 e. The lowest BCUT2D eigenvalue weighted by Crippen LogP contribution is -2.25. The number of amides is 1. The van der Waals surface area contributed by atoms with E-state index in [1.165, 1.54) is 13.3 Å². The van der Waals surface area contributed by atoms with Crippen molar-refractivity contribution in [1.82, 2.24) is 10.4 Å². The first-order valence-electron chi connectivity index (χ1n) is 8.26. The fourth-order valence-corrected chi connectivity index (χ4v) is 3.94. The van der Waals surface area contributed by atoms with Crippen molar-refractivity contribution in [2.75, 3.05) is 20.8 Å². The Morgan fingerprint density at radius 3 is 2.59 bits per heavy atom. The van der Waals surface area contributed by atoms with Gasteiger partial charge in [0, 0.05) is 18.4 Å². The van der Waals surface area contributed by atoms with Gasteiger partial charge in [-0.3, -0.25) is 4.79 Å². The lowest BCUT2D eigenvalue weighted by molar-refractivity contribution is -0.123. The number of methoxy groups -OCH3 is 2. The van der Waals surface area contributed by atoms with Crippen LogP contribution in [0, 0.1) is 18.3 Å². The first-order chi connectivity index (χ1) is 13.9. The van der Waals surface area contributed by atoms with Crippen molar-refractivity contribution in [2.45, 2.75) is 13.5 Å². The quantitative estimate of drug-likeness (QED) is 0.418. The van der Waals surface area contributed by atoms with Crippen LogP contribution in [0.4, 0.5) is 0 Å². The molecule has 0 radical (unpaired) electrons. The molecule has 0 atom stereocenters. The maximum Gasteiger partial charge on any atom is 0.278 e. The highest BCUT2D eigenvalue weighted by Gasteiger charge is 2.14. The van der Waals surface area contributed by atoms with Crippen LogP contribution in [0.25, 0.3) is 0 Å². The molecule has 1 heterocycles. The minimum absolute atomic E-state index is 0.0849. The minimum atomic E-state index is -0.492. The van der Waals surface area contributed by atoms with Crippen LogP contribution in [-0.2, 0) is 16.1 Å². The van der Waals surface area contributed by atoms with E-state index < -0.39 is 5.91 Å². The molecular formula is C19H18Br2N4O4. The molecule has 0 fully saturated rings. The second-order valence-electron chi connectivity index (χ2n) is 5.75. The molecule has 2 aromatic rings. The highest BCUT2D eigenvalue weighted by atomic mass is 79.9. The standard InChI is InChI=1S/C19H18Br2N4O4/c1-11-4-13(9-27-2)14(7-22)19(24-11)29-10-17(26)25-23-8-12-5-15(20)18(28-3)16(21)6-12/h4-6,8H,9-10H2,1-3H3,(H,25,26). The van der Waals surface area contributed by atoms with Crippen molar-refractivity contribution in [1.29, 1.82) is 5.26 Å². The number of hydrazone groups is 1. The summed E-state index contributed by atoms with van der Waals surface area (Å²) in [6, 6.07) is 7.37. The Labute approximate surface area is 185 Å². The molecule has 0 unspecified atom stereocenters. The van der Waals surface area contributed by atoms with E-state index in [0.717, 1.165) is 14.5 Å². The van der Waals surface area contributed by atoms with Crippen LogP contribution in [0.2, 0.25) is 0 Å². The van der Waals surface area contributed by atoms with Crippen LogP contribution in [0.1, 0.15) is 22.4 Å². The van der Waals surface area contributed by atoms with Crippen LogP contribution in [0.15, 0.2) is 32.2 Å². The zero-order chi connectivity index (χ0) is 21.4. The normalized spacial score (nSPS) is 10.6. The van der Waals surface area contributed by atoms with Crippen LogP contribution < -0.4 is 14.9 Å². The number of carbonyl (C=O) groups is 1.